The van der Waals surface area contributed by atoms with Crippen molar-refractivity contribution in [2.45, 2.75) is 6.54 Å². The summed E-state index contributed by atoms with van der Waals surface area (Å²) in [7, 11) is 0. The van der Waals surface area contributed by atoms with E-state index in [1.807, 2.05) is 0 Å². The van der Waals surface area contributed by atoms with Crippen molar-refractivity contribution in [1.82, 2.24) is 0 Å². The first kappa shape index (κ1) is 14.9. The number of nitrogens with one attached hydrogen (secondary N) is 1. The van der Waals surface area contributed by atoms with Gasteiger partial charge in [-0.3, -0.25) is 0 Å². The number of rotatable bonds is 3. The fourth-order valence-electron chi connectivity index (χ4n) is 1.57. The zero-order valence-electron chi connectivity index (χ0n) is 9.48. The maximum atomic E-state index is 13.2. The topological polar surface area (TPSA) is 12.0 Å². The predicted molar refractivity (Wildman–Crippen MR) is 82.9 cm³/mol. The van der Waals surface area contributed by atoms with E-state index in [4.69, 9.17) is 34.8 Å². The van der Waals surface area contributed by atoms with E-state index in [2.05, 4.69) is 21.2 Å². The van der Waals surface area contributed by atoms with Crippen LogP contribution in [0.15, 0.2) is 34.8 Å². The quantitative estimate of drug-likeness (QED) is 0.669. The number of hydrogen-bond acceptors (Lipinski definition) is 1. The van der Waals surface area contributed by atoms with Gasteiger partial charge in [-0.05, 0) is 35.9 Å². The molecule has 0 aromatic heterocycles. The summed E-state index contributed by atoms with van der Waals surface area (Å²) in [5.74, 6) is -0.298. The van der Waals surface area contributed by atoms with Gasteiger partial charge in [0, 0.05) is 16.0 Å². The molecule has 1 N–H and O–H groups in total. The molecule has 0 amide bonds. The molecule has 2 rings (SSSR count). The van der Waals surface area contributed by atoms with E-state index >= 15 is 0 Å². The second-order valence-corrected chi connectivity index (χ2v) is 5.94. The molecule has 6 heteroatoms. The van der Waals surface area contributed by atoms with Gasteiger partial charge in [0.25, 0.3) is 0 Å². The van der Waals surface area contributed by atoms with Crippen LogP contribution in [0, 0.1) is 5.82 Å². The highest BCUT2D eigenvalue weighted by Crippen LogP contribution is 2.34. The van der Waals surface area contributed by atoms with Gasteiger partial charge in [0.1, 0.15) is 5.82 Å². The van der Waals surface area contributed by atoms with Gasteiger partial charge in [0.2, 0.25) is 0 Å². The summed E-state index contributed by atoms with van der Waals surface area (Å²) in [5, 5.41) is 4.38. The summed E-state index contributed by atoms with van der Waals surface area (Å²) in [5.41, 5.74) is 1.34. The molecule has 0 saturated carbocycles. The Labute approximate surface area is 133 Å². The molecule has 0 aliphatic carbocycles. The molecule has 0 spiro atoms. The molecular weight excluding hydrogens is 375 g/mol. The minimum absolute atomic E-state index is 0.298. The molecule has 0 bridgehead atoms. The van der Waals surface area contributed by atoms with Gasteiger partial charge in [-0.2, -0.15) is 0 Å². The van der Waals surface area contributed by atoms with Crippen LogP contribution in [0.25, 0.3) is 0 Å². The number of halogens is 5. The molecule has 0 atom stereocenters. The molecule has 1 nitrogen and oxygen atoms in total. The van der Waals surface area contributed by atoms with Gasteiger partial charge in [-0.15, -0.1) is 0 Å². The first-order chi connectivity index (χ1) is 8.97. The Kier molecular flexibility index (Phi) is 4.96. The predicted octanol–water partition coefficient (Wildman–Crippen LogP) is 6.16. The number of anilines is 1. The molecule has 0 saturated heterocycles. The highest BCUT2D eigenvalue weighted by molar-refractivity contribution is 9.10. The van der Waals surface area contributed by atoms with Gasteiger partial charge in [0.05, 0.1) is 15.7 Å². The molecule has 0 unspecified atom stereocenters. The Morgan fingerprint density at radius 3 is 2.32 bits per heavy atom. The van der Waals surface area contributed by atoms with Crippen LogP contribution in [0.5, 0.6) is 0 Å². The van der Waals surface area contributed by atoms with Crippen LogP contribution >= 0.6 is 50.7 Å². The van der Waals surface area contributed by atoms with Crippen molar-refractivity contribution >= 4 is 56.4 Å². The van der Waals surface area contributed by atoms with Crippen molar-refractivity contribution in [3.05, 3.63) is 61.3 Å². The Bertz CT molecular complexity index is 596. The largest absolute Gasteiger partial charge is 0.379 e. The lowest BCUT2D eigenvalue weighted by molar-refractivity contribution is 0.625. The van der Waals surface area contributed by atoms with E-state index in [1.165, 1.54) is 12.1 Å². The van der Waals surface area contributed by atoms with Crippen LogP contribution in [0.1, 0.15) is 5.56 Å². The molecular formula is C13H8BrCl3FN. The fraction of sp³-hybridized carbons (Fsp3) is 0.0769. The first-order valence-corrected chi connectivity index (χ1v) is 7.22. The maximum Gasteiger partial charge on any atom is 0.123 e. The van der Waals surface area contributed by atoms with Crippen LogP contribution in [0.4, 0.5) is 10.1 Å². The normalized spacial score (nSPS) is 10.6. The van der Waals surface area contributed by atoms with E-state index in [9.17, 15) is 4.39 Å². The van der Waals surface area contributed by atoms with Crippen LogP contribution in [-0.2, 0) is 6.54 Å². The maximum absolute atomic E-state index is 13.2. The van der Waals surface area contributed by atoms with Crippen LogP contribution in [0.2, 0.25) is 15.1 Å². The first-order valence-electron chi connectivity index (χ1n) is 5.29. The van der Waals surface area contributed by atoms with Gasteiger partial charge >= 0.3 is 0 Å². The minimum Gasteiger partial charge on any atom is -0.379 e. The summed E-state index contributed by atoms with van der Waals surface area (Å²) in [6.45, 7) is 0.388. The summed E-state index contributed by atoms with van der Waals surface area (Å²) in [4.78, 5) is 0. The molecule has 0 heterocycles. The van der Waals surface area contributed by atoms with E-state index in [0.717, 1.165) is 10.0 Å². The molecule has 0 radical (unpaired) electrons. The minimum atomic E-state index is -0.298. The lowest BCUT2D eigenvalue weighted by Crippen LogP contribution is -2.02. The molecule has 2 aromatic carbocycles. The molecule has 0 fully saturated rings. The average Bonchev–Trinajstić information content (AvgIpc) is 2.32. The van der Waals surface area contributed by atoms with Crippen molar-refractivity contribution in [1.29, 1.82) is 0 Å². The zero-order valence-corrected chi connectivity index (χ0v) is 13.3. The third kappa shape index (κ3) is 3.76. The van der Waals surface area contributed by atoms with E-state index in [0.29, 0.717) is 27.3 Å². The molecule has 0 aliphatic rings. The van der Waals surface area contributed by atoms with Crippen molar-refractivity contribution in [3.8, 4) is 0 Å². The van der Waals surface area contributed by atoms with Crippen LogP contribution < -0.4 is 5.32 Å². The third-order valence-corrected chi connectivity index (χ3v) is 4.06. The fourth-order valence-corrected chi connectivity index (χ4v) is 2.91. The second kappa shape index (κ2) is 6.31. The molecule has 19 heavy (non-hydrogen) atoms. The molecule has 100 valence electrons. The van der Waals surface area contributed by atoms with Crippen LogP contribution in [0.3, 0.4) is 0 Å². The highest BCUT2D eigenvalue weighted by Gasteiger charge is 2.09. The van der Waals surface area contributed by atoms with Crippen molar-refractivity contribution in [3.63, 3.8) is 0 Å². The number of benzene rings is 2. The van der Waals surface area contributed by atoms with Gasteiger partial charge < -0.3 is 5.32 Å². The van der Waals surface area contributed by atoms with E-state index < -0.39 is 0 Å². The lowest BCUT2D eigenvalue weighted by Gasteiger charge is -2.12. The molecule has 0 aliphatic heterocycles. The van der Waals surface area contributed by atoms with Crippen molar-refractivity contribution in [2.75, 3.05) is 5.32 Å². The third-order valence-electron chi connectivity index (χ3n) is 2.47. The average molecular weight is 383 g/mol. The Morgan fingerprint density at radius 2 is 1.68 bits per heavy atom. The Balaban J connectivity index is 2.21. The monoisotopic (exact) mass is 381 g/mol. The van der Waals surface area contributed by atoms with Crippen molar-refractivity contribution < 1.29 is 4.39 Å². The molecule has 2 aromatic rings. The summed E-state index contributed by atoms with van der Waals surface area (Å²) >= 11 is 21.3. The van der Waals surface area contributed by atoms with E-state index in [-0.39, 0.29) is 5.82 Å². The van der Waals surface area contributed by atoms with Gasteiger partial charge in [0.15, 0.2) is 0 Å². The SMILES string of the molecule is Fc1ccc(Br)c(CNc2c(Cl)cc(Cl)cc2Cl)c1. The lowest BCUT2D eigenvalue weighted by atomic mass is 10.2. The Morgan fingerprint density at radius 1 is 1.05 bits per heavy atom. The number of hydrogen-bond donors (Lipinski definition) is 1. The highest BCUT2D eigenvalue weighted by atomic mass is 79.9. The van der Waals surface area contributed by atoms with Gasteiger partial charge in [-0.25, -0.2) is 4.39 Å². The zero-order chi connectivity index (χ0) is 14.0. The second-order valence-electron chi connectivity index (χ2n) is 3.83. The summed E-state index contributed by atoms with van der Waals surface area (Å²) in [6.07, 6.45) is 0. The smallest absolute Gasteiger partial charge is 0.123 e. The van der Waals surface area contributed by atoms with Crippen molar-refractivity contribution in [2.24, 2.45) is 0 Å². The summed E-state index contributed by atoms with van der Waals surface area (Å²) < 4.78 is 14.0. The Hall–Kier alpha value is -0.480. The van der Waals surface area contributed by atoms with Crippen LogP contribution in [-0.4, -0.2) is 0 Å². The summed E-state index contributed by atoms with van der Waals surface area (Å²) in [6, 6.07) is 7.66. The van der Waals surface area contributed by atoms with E-state index in [1.54, 1.807) is 18.2 Å². The van der Waals surface area contributed by atoms with Gasteiger partial charge in [-0.1, -0.05) is 50.7 Å². The standard InChI is InChI=1S/C13H8BrCl3FN/c14-10-2-1-9(18)3-7(10)6-19-13-11(16)4-8(15)5-12(13)17/h1-5,19H,6H2.